The van der Waals surface area contributed by atoms with Crippen LogP contribution in [0, 0.1) is 0 Å². The number of ether oxygens (including phenoxy) is 3. The zero-order chi connectivity index (χ0) is 28.9. The summed E-state index contributed by atoms with van der Waals surface area (Å²) < 4.78 is 42.9. The number of aliphatic hydroxyl groups excluding tert-OH is 2. The van der Waals surface area contributed by atoms with Crippen LogP contribution in [-0.2, 0) is 28.1 Å². The fourth-order valence-corrected chi connectivity index (χ4v) is 5.80. The minimum atomic E-state index is -4.25. The number of methoxy groups -OCH3 is 1. The molecule has 6 atom stereocenters. The van der Waals surface area contributed by atoms with Crippen molar-refractivity contribution in [2.24, 2.45) is 0 Å². The van der Waals surface area contributed by atoms with Crippen LogP contribution in [0.25, 0.3) is 5.52 Å². The number of aliphatic hydroxyl groups is 2. The summed E-state index contributed by atoms with van der Waals surface area (Å²) in [5, 5.41) is 28.6. The SMILES string of the molecule is COCCCOC(=O)[C@H](C)NP(=O)(OC[C@@]1(C)O[C@@H](c2ccc3c(N)ncnn23)[C@H](O)[C@@H]1O)Oc1ccccc1. The second-order valence-corrected chi connectivity index (χ2v) is 11.2. The molecule has 1 unspecified atom stereocenters. The van der Waals surface area contributed by atoms with E-state index in [-0.39, 0.29) is 18.2 Å². The second-order valence-electron chi connectivity index (χ2n) is 9.53. The van der Waals surface area contributed by atoms with E-state index < -0.39 is 50.3 Å². The molecule has 0 saturated carbocycles. The van der Waals surface area contributed by atoms with Gasteiger partial charge in [0, 0.05) is 20.1 Å². The number of carbonyl (C=O) groups excluding carboxylic acids is 1. The first-order valence-corrected chi connectivity index (χ1v) is 14.2. The van der Waals surface area contributed by atoms with Crippen molar-refractivity contribution in [3.8, 4) is 5.75 Å². The molecule has 0 bridgehead atoms. The van der Waals surface area contributed by atoms with Crippen LogP contribution in [0.2, 0.25) is 0 Å². The highest BCUT2D eigenvalue weighted by molar-refractivity contribution is 7.52. The first kappa shape index (κ1) is 29.9. The smallest absolute Gasteiger partial charge is 0.459 e. The zero-order valence-corrected chi connectivity index (χ0v) is 23.3. The van der Waals surface area contributed by atoms with Crippen LogP contribution in [0.5, 0.6) is 5.75 Å². The van der Waals surface area contributed by atoms with E-state index in [1.807, 2.05) is 0 Å². The highest BCUT2D eigenvalue weighted by Gasteiger charge is 2.53. The van der Waals surface area contributed by atoms with Crippen LogP contribution in [0.1, 0.15) is 32.1 Å². The fraction of sp³-hybridized carbons (Fsp3) is 0.480. The van der Waals surface area contributed by atoms with Crippen molar-refractivity contribution in [1.29, 1.82) is 0 Å². The van der Waals surface area contributed by atoms with Crippen molar-refractivity contribution in [3.05, 3.63) is 54.5 Å². The van der Waals surface area contributed by atoms with Crippen molar-refractivity contribution >= 4 is 25.1 Å². The lowest BCUT2D eigenvalue weighted by Gasteiger charge is -2.30. The van der Waals surface area contributed by atoms with E-state index in [0.717, 1.165) is 0 Å². The number of anilines is 1. The third-order valence-corrected chi connectivity index (χ3v) is 8.01. The Morgan fingerprint density at radius 2 is 2.00 bits per heavy atom. The fourth-order valence-electron chi connectivity index (χ4n) is 4.21. The number of esters is 1. The molecule has 0 radical (unpaired) electrons. The molecule has 3 aromatic rings. The number of hydrogen-bond acceptors (Lipinski definition) is 12. The molecule has 218 valence electrons. The predicted molar refractivity (Wildman–Crippen MR) is 142 cm³/mol. The summed E-state index contributed by atoms with van der Waals surface area (Å²) in [5.74, 6) is -0.222. The van der Waals surface area contributed by atoms with Crippen LogP contribution >= 0.6 is 7.75 Å². The summed E-state index contributed by atoms with van der Waals surface area (Å²) in [4.78, 5) is 16.4. The monoisotopic (exact) mass is 579 g/mol. The van der Waals surface area contributed by atoms with Gasteiger partial charge in [0.05, 0.1) is 18.9 Å². The van der Waals surface area contributed by atoms with Crippen LogP contribution in [0.4, 0.5) is 5.82 Å². The topological polar surface area (TPSA) is 189 Å². The van der Waals surface area contributed by atoms with E-state index in [4.69, 9.17) is 29.0 Å². The highest BCUT2D eigenvalue weighted by Crippen LogP contribution is 2.48. The van der Waals surface area contributed by atoms with Crippen LogP contribution in [-0.4, -0.2) is 81.6 Å². The molecule has 2 aromatic heterocycles. The summed E-state index contributed by atoms with van der Waals surface area (Å²) >= 11 is 0. The second kappa shape index (κ2) is 12.6. The number of aromatic nitrogens is 3. The summed E-state index contributed by atoms with van der Waals surface area (Å²) in [6.45, 7) is 3.01. The van der Waals surface area contributed by atoms with Crippen LogP contribution < -0.4 is 15.3 Å². The number of carbonyl (C=O) groups is 1. The third kappa shape index (κ3) is 6.61. The standard InChI is InChI=1S/C25H34N5O9P/c1-16(24(33)36-13-7-12-35-3)29-40(34,39-17-8-5-4-6-9-17)37-14-25(2)22(32)20(31)21(38-25)18-10-11-19-23(26)27-15-28-30(18)19/h4-6,8-11,15-16,20-22,31-32H,7,12-14H2,1-3H3,(H,29,34)(H2,26,27,28)/t16-,20-,21-,22-,25+,40?/m0/s1. The van der Waals surface area contributed by atoms with Crippen molar-refractivity contribution in [1.82, 2.24) is 19.7 Å². The molecule has 0 spiro atoms. The molecule has 1 aliphatic heterocycles. The molecule has 1 saturated heterocycles. The number of benzene rings is 1. The Morgan fingerprint density at radius 1 is 1.25 bits per heavy atom. The Kier molecular flexibility index (Phi) is 9.41. The van der Waals surface area contributed by atoms with Crippen LogP contribution in [0.3, 0.4) is 0 Å². The van der Waals surface area contributed by atoms with Gasteiger partial charge in [0.2, 0.25) is 0 Å². The van der Waals surface area contributed by atoms with Gasteiger partial charge in [-0.2, -0.15) is 10.2 Å². The lowest BCUT2D eigenvalue weighted by molar-refractivity contribution is -0.145. The van der Waals surface area contributed by atoms with Gasteiger partial charge in [-0.1, -0.05) is 18.2 Å². The number of fused-ring (bicyclic) bond motifs is 1. The molecule has 14 nitrogen and oxygen atoms in total. The number of nitrogens with zero attached hydrogens (tertiary/aromatic N) is 3. The average molecular weight is 580 g/mol. The maximum Gasteiger partial charge on any atom is 0.459 e. The summed E-state index contributed by atoms with van der Waals surface area (Å²) in [6, 6.07) is 10.5. The molecule has 0 amide bonds. The van der Waals surface area contributed by atoms with Crippen molar-refractivity contribution in [2.45, 2.75) is 50.2 Å². The van der Waals surface area contributed by atoms with Crippen molar-refractivity contribution < 1.29 is 42.8 Å². The number of nitrogens with one attached hydrogen (secondary N) is 1. The number of nitrogen functional groups attached to an aromatic ring is 1. The van der Waals surface area contributed by atoms with Gasteiger partial charge in [-0.15, -0.1) is 0 Å². The lowest BCUT2D eigenvalue weighted by Crippen LogP contribution is -2.45. The number of hydrogen-bond donors (Lipinski definition) is 4. The molecule has 15 heteroatoms. The van der Waals surface area contributed by atoms with Gasteiger partial charge in [-0.3, -0.25) is 9.32 Å². The molecule has 4 rings (SSSR count). The summed E-state index contributed by atoms with van der Waals surface area (Å²) in [5.41, 5.74) is 5.30. The number of para-hydroxylation sites is 1. The summed E-state index contributed by atoms with van der Waals surface area (Å²) in [7, 11) is -2.71. The predicted octanol–water partition coefficient (Wildman–Crippen LogP) is 1.62. The Bertz CT molecular complexity index is 1340. The summed E-state index contributed by atoms with van der Waals surface area (Å²) in [6.07, 6.45) is -2.10. The van der Waals surface area contributed by atoms with E-state index >= 15 is 0 Å². The van der Waals surface area contributed by atoms with Gasteiger partial charge in [0.1, 0.15) is 47.5 Å². The third-order valence-electron chi connectivity index (χ3n) is 6.39. The number of nitrogens with two attached hydrogens (primary N) is 1. The Labute approximate surface area is 230 Å². The molecule has 0 aliphatic carbocycles. The largest absolute Gasteiger partial charge is 0.464 e. The van der Waals surface area contributed by atoms with Gasteiger partial charge in [0.25, 0.3) is 0 Å². The molecular formula is C25H34N5O9P. The highest BCUT2D eigenvalue weighted by atomic mass is 31.2. The van der Waals surface area contributed by atoms with Gasteiger partial charge in [-0.05, 0) is 38.1 Å². The van der Waals surface area contributed by atoms with Gasteiger partial charge < -0.3 is 34.7 Å². The molecule has 1 aromatic carbocycles. The average Bonchev–Trinajstić information content (AvgIpc) is 3.46. The Morgan fingerprint density at radius 3 is 2.73 bits per heavy atom. The zero-order valence-electron chi connectivity index (χ0n) is 22.4. The first-order valence-electron chi connectivity index (χ1n) is 12.6. The first-order chi connectivity index (χ1) is 19.1. The Hall–Kier alpha value is -3.10. The lowest BCUT2D eigenvalue weighted by atomic mass is 9.97. The van der Waals surface area contributed by atoms with Gasteiger partial charge >= 0.3 is 13.7 Å². The van der Waals surface area contributed by atoms with E-state index in [1.165, 1.54) is 24.7 Å². The Balaban J connectivity index is 1.50. The normalized spacial score (nSPS) is 25.0. The quantitative estimate of drug-likeness (QED) is 0.130. The van der Waals surface area contributed by atoms with Crippen molar-refractivity contribution in [3.63, 3.8) is 0 Å². The molecular weight excluding hydrogens is 545 g/mol. The minimum Gasteiger partial charge on any atom is -0.464 e. The maximum atomic E-state index is 13.9. The molecule has 1 fully saturated rings. The van der Waals surface area contributed by atoms with Gasteiger partial charge in [-0.25, -0.2) is 14.1 Å². The van der Waals surface area contributed by atoms with E-state index in [2.05, 4.69) is 15.2 Å². The molecule has 5 N–H and O–H groups in total. The van der Waals surface area contributed by atoms with E-state index in [9.17, 15) is 19.6 Å². The van der Waals surface area contributed by atoms with Crippen molar-refractivity contribution in [2.75, 3.05) is 32.7 Å². The molecule has 40 heavy (non-hydrogen) atoms. The number of rotatable bonds is 13. The molecule has 3 heterocycles. The minimum absolute atomic E-state index is 0.117. The van der Waals surface area contributed by atoms with E-state index in [0.29, 0.717) is 24.2 Å². The maximum absolute atomic E-state index is 13.9. The van der Waals surface area contributed by atoms with Gasteiger partial charge in [0.15, 0.2) is 5.82 Å². The van der Waals surface area contributed by atoms with E-state index in [1.54, 1.807) is 49.6 Å². The molecule has 1 aliphatic rings. The van der Waals surface area contributed by atoms with Crippen LogP contribution in [0.15, 0.2) is 48.8 Å².